The maximum absolute atomic E-state index is 12.8. The number of hydrogen-bond acceptors (Lipinski definition) is 5. The fourth-order valence-corrected chi connectivity index (χ4v) is 5.59. The van der Waals surface area contributed by atoms with Crippen molar-refractivity contribution in [2.45, 2.75) is 38.5 Å². The van der Waals surface area contributed by atoms with E-state index in [-0.39, 0.29) is 17.7 Å². The van der Waals surface area contributed by atoms with E-state index >= 15 is 0 Å². The minimum Gasteiger partial charge on any atom is -0.379 e. The number of fused-ring (bicyclic) bond motifs is 1. The van der Waals surface area contributed by atoms with Crippen LogP contribution in [0.3, 0.4) is 0 Å². The highest BCUT2D eigenvalue weighted by atomic mass is 32.1. The van der Waals surface area contributed by atoms with Gasteiger partial charge in [0.05, 0.1) is 18.1 Å². The lowest BCUT2D eigenvalue weighted by Gasteiger charge is -2.27. The third-order valence-corrected chi connectivity index (χ3v) is 7.36. The Morgan fingerprint density at radius 3 is 2.71 bits per heavy atom. The summed E-state index contributed by atoms with van der Waals surface area (Å²) in [5.74, 6) is 0.379. The molecule has 7 heteroatoms. The zero-order chi connectivity index (χ0) is 19.3. The molecule has 0 unspecified atom stereocenters. The number of carbonyl (C=O) groups is 2. The van der Waals surface area contributed by atoms with Gasteiger partial charge in [0.1, 0.15) is 0 Å². The molecule has 3 heterocycles. The standard InChI is InChI=1S/C21H31N3O3S/c25-20(22-6-9-23-10-12-27-13-11-23)16-4-5-18-17(14-16)15-19(28-18)21(26)24-7-2-1-3-8-24/h15-16H,1-14H2,(H,22,25)/t16-/m0/s1. The van der Waals surface area contributed by atoms with E-state index in [1.807, 2.05) is 4.90 Å². The number of thiophene rings is 1. The van der Waals surface area contributed by atoms with Gasteiger partial charge in [-0.25, -0.2) is 0 Å². The number of likely N-dealkylation sites (tertiary alicyclic amines) is 1. The van der Waals surface area contributed by atoms with Gasteiger partial charge in [0, 0.05) is 50.1 Å². The van der Waals surface area contributed by atoms with E-state index < -0.39 is 0 Å². The molecule has 1 N–H and O–H groups in total. The summed E-state index contributed by atoms with van der Waals surface area (Å²) in [6.07, 6.45) is 6.02. The van der Waals surface area contributed by atoms with Gasteiger partial charge in [-0.1, -0.05) is 0 Å². The van der Waals surface area contributed by atoms with E-state index in [4.69, 9.17) is 4.74 Å². The lowest BCUT2D eigenvalue weighted by Crippen LogP contribution is -2.43. The molecule has 6 nitrogen and oxygen atoms in total. The van der Waals surface area contributed by atoms with Gasteiger partial charge in [-0.2, -0.15) is 0 Å². The van der Waals surface area contributed by atoms with E-state index in [9.17, 15) is 9.59 Å². The van der Waals surface area contributed by atoms with Crippen LogP contribution < -0.4 is 5.32 Å². The molecule has 2 saturated heterocycles. The van der Waals surface area contributed by atoms with Crippen LogP contribution in [-0.2, 0) is 22.4 Å². The number of hydrogen-bond donors (Lipinski definition) is 1. The number of piperidine rings is 1. The molecule has 2 amide bonds. The van der Waals surface area contributed by atoms with E-state index in [2.05, 4.69) is 16.3 Å². The van der Waals surface area contributed by atoms with Crippen LogP contribution in [0.5, 0.6) is 0 Å². The first-order valence-electron chi connectivity index (χ1n) is 10.7. The van der Waals surface area contributed by atoms with Crippen LogP contribution in [0.15, 0.2) is 6.07 Å². The molecule has 0 aromatic carbocycles. The second-order valence-corrected chi connectivity index (χ2v) is 9.23. The molecule has 4 rings (SSSR count). The first-order chi connectivity index (χ1) is 13.7. The molecule has 0 radical (unpaired) electrons. The van der Waals surface area contributed by atoms with Crippen LogP contribution in [-0.4, -0.2) is 74.1 Å². The largest absolute Gasteiger partial charge is 0.379 e. The highest BCUT2D eigenvalue weighted by Gasteiger charge is 2.28. The van der Waals surface area contributed by atoms with E-state index in [1.54, 1.807) is 11.3 Å². The molecular formula is C21H31N3O3S. The molecule has 3 aliphatic rings. The van der Waals surface area contributed by atoms with E-state index in [0.29, 0.717) is 6.54 Å². The Bertz CT molecular complexity index is 693. The second-order valence-electron chi connectivity index (χ2n) is 8.10. The molecule has 2 aliphatic heterocycles. The predicted octanol–water partition coefficient (Wildman–Crippen LogP) is 1.93. The van der Waals surface area contributed by atoms with Gasteiger partial charge in [0.25, 0.3) is 5.91 Å². The molecular weight excluding hydrogens is 374 g/mol. The smallest absolute Gasteiger partial charge is 0.263 e. The van der Waals surface area contributed by atoms with Crippen LogP contribution in [0.1, 0.15) is 45.8 Å². The average molecular weight is 406 g/mol. The minimum absolute atomic E-state index is 0.0322. The fraction of sp³-hybridized carbons (Fsp3) is 0.714. The average Bonchev–Trinajstić information content (AvgIpc) is 3.18. The molecule has 1 atom stereocenters. The predicted molar refractivity (Wildman–Crippen MR) is 110 cm³/mol. The van der Waals surface area contributed by atoms with Crippen molar-refractivity contribution in [2.24, 2.45) is 5.92 Å². The van der Waals surface area contributed by atoms with Crippen molar-refractivity contribution < 1.29 is 14.3 Å². The zero-order valence-electron chi connectivity index (χ0n) is 16.6. The molecule has 1 aromatic rings. The Morgan fingerprint density at radius 1 is 1.14 bits per heavy atom. The first kappa shape index (κ1) is 19.9. The topological polar surface area (TPSA) is 61.9 Å². The molecule has 154 valence electrons. The fourth-order valence-electron chi connectivity index (χ4n) is 4.41. The number of aryl methyl sites for hydroxylation is 1. The number of nitrogens with one attached hydrogen (secondary N) is 1. The Balaban J connectivity index is 1.28. The van der Waals surface area contributed by atoms with Crippen molar-refractivity contribution in [2.75, 3.05) is 52.5 Å². The molecule has 0 saturated carbocycles. The number of nitrogens with zero attached hydrogens (tertiary/aromatic N) is 2. The molecule has 28 heavy (non-hydrogen) atoms. The van der Waals surface area contributed by atoms with Gasteiger partial charge >= 0.3 is 0 Å². The highest BCUT2D eigenvalue weighted by molar-refractivity contribution is 7.14. The van der Waals surface area contributed by atoms with E-state index in [1.165, 1.54) is 16.9 Å². The monoisotopic (exact) mass is 405 g/mol. The van der Waals surface area contributed by atoms with E-state index in [0.717, 1.165) is 82.9 Å². The van der Waals surface area contributed by atoms with Gasteiger partial charge in [-0.05, 0) is 50.2 Å². The van der Waals surface area contributed by atoms with Crippen LogP contribution in [0, 0.1) is 5.92 Å². The van der Waals surface area contributed by atoms with Crippen molar-refractivity contribution >= 4 is 23.2 Å². The number of carbonyl (C=O) groups excluding carboxylic acids is 2. The second kappa shape index (κ2) is 9.37. The lowest BCUT2D eigenvalue weighted by molar-refractivity contribution is -0.125. The number of ether oxygens (including phenoxy) is 1. The molecule has 1 aromatic heterocycles. The SMILES string of the molecule is O=C(NCCN1CCOCC1)[C@H]1CCc2sc(C(=O)N3CCCCC3)cc2C1. The number of morpholine rings is 1. The van der Waals surface area contributed by atoms with Gasteiger partial charge in [-0.15, -0.1) is 11.3 Å². The van der Waals surface area contributed by atoms with Gasteiger partial charge in [0.2, 0.25) is 5.91 Å². The maximum atomic E-state index is 12.8. The summed E-state index contributed by atoms with van der Waals surface area (Å²) in [6, 6.07) is 2.06. The van der Waals surface area contributed by atoms with Crippen LogP contribution in [0.2, 0.25) is 0 Å². The molecule has 2 fully saturated rings. The molecule has 1 aliphatic carbocycles. The summed E-state index contributed by atoms with van der Waals surface area (Å²) in [7, 11) is 0. The summed E-state index contributed by atoms with van der Waals surface area (Å²) in [6.45, 7) is 6.83. The Morgan fingerprint density at radius 2 is 1.93 bits per heavy atom. The third-order valence-electron chi connectivity index (χ3n) is 6.14. The Hall–Kier alpha value is -1.44. The van der Waals surface area contributed by atoms with Crippen LogP contribution in [0.4, 0.5) is 0 Å². The highest BCUT2D eigenvalue weighted by Crippen LogP contribution is 2.33. The summed E-state index contributed by atoms with van der Waals surface area (Å²) in [4.78, 5) is 31.9. The van der Waals surface area contributed by atoms with Crippen LogP contribution >= 0.6 is 11.3 Å². The summed E-state index contributed by atoms with van der Waals surface area (Å²) >= 11 is 1.65. The van der Waals surface area contributed by atoms with Crippen molar-refractivity contribution in [1.29, 1.82) is 0 Å². The maximum Gasteiger partial charge on any atom is 0.263 e. The third kappa shape index (κ3) is 4.75. The Kier molecular flexibility index (Phi) is 6.65. The van der Waals surface area contributed by atoms with Crippen molar-refractivity contribution in [1.82, 2.24) is 15.1 Å². The van der Waals surface area contributed by atoms with Crippen LogP contribution in [0.25, 0.3) is 0 Å². The first-order valence-corrected chi connectivity index (χ1v) is 11.5. The van der Waals surface area contributed by atoms with Gasteiger partial charge in [0.15, 0.2) is 0 Å². The number of rotatable bonds is 5. The number of amides is 2. The van der Waals surface area contributed by atoms with Crippen molar-refractivity contribution in [3.05, 3.63) is 21.4 Å². The van der Waals surface area contributed by atoms with Crippen molar-refractivity contribution in [3.63, 3.8) is 0 Å². The summed E-state index contributed by atoms with van der Waals surface area (Å²) < 4.78 is 5.36. The molecule has 0 bridgehead atoms. The molecule has 0 spiro atoms. The summed E-state index contributed by atoms with van der Waals surface area (Å²) in [5.41, 5.74) is 1.21. The van der Waals surface area contributed by atoms with Gasteiger partial charge in [-0.3, -0.25) is 14.5 Å². The summed E-state index contributed by atoms with van der Waals surface area (Å²) in [5, 5.41) is 3.12. The van der Waals surface area contributed by atoms with Crippen molar-refractivity contribution in [3.8, 4) is 0 Å². The van der Waals surface area contributed by atoms with Gasteiger partial charge < -0.3 is 15.0 Å². The normalized spacial score (nSPS) is 23.3. The lowest BCUT2D eigenvalue weighted by atomic mass is 9.87. The Labute approximate surface area is 171 Å². The zero-order valence-corrected chi connectivity index (χ0v) is 17.4. The minimum atomic E-state index is 0.0322. The quantitative estimate of drug-likeness (QED) is 0.813.